The zero-order valence-corrected chi connectivity index (χ0v) is 40.0. The molecule has 0 bridgehead atoms. The summed E-state index contributed by atoms with van der Waals surface area (Å²) in [4.78, 5) is 87.4. The molecule has 6 aromatic rings. The smallest absolute Gasteiger partial charge is 0.448 e. The Kier molecular flexibility index (Phi) is 13.3. The number of alkyl halides is 1. The molecule has 5 N–H and O–H groups in total. The lowest BCUT2D eigenvalue weighted by atomic mass is 9.92. The second-order valence-electron chi connectivity index (χ2n) is 16.3. The van der Waals surface area contributed by atoms with Crippen molar-refractivity contribution in [2.24, 2.45) is 0 Å². The highest BCUT2D eigenvalue weighted by molar-refractivity contribution is 8.76. The minimum atomic E-state index is -4.97. The number of fused-ring (bicyclic) bond motifs is 7. The van der Waals surface area contributed by atoms with E-state index in [1.807, 2.05) is 31.2 Å². The topological polar surface area (TPSA) is 225 Å². The Hall–Kier alpha value is -5.65. The van der Waals surface area contributed by atoms with E-state index in [1.54, 1.807) is 72.9 Å². The number of hydrogen-bond acceptors (Lipinski definition) is 11. The molecule has 3 heterocycles. The molecule has 1 aromatic heterocycles. The predicted octanol–water partition coefficient (Wildman–Crippen LogP) is 9.62. The van der Waals surface area contributed by atoms with E-state index in [2.05, 4.69) is 10.3 Å². The van der Waals surface area contributed by atoms with Gasteiger partial charge in [0.1, 0.15) is 23.1 Å². The fourth-order valence-electron chi connectivity index (χ4n) is 8.60. The number of carbonyl (C=O) groups excluding carboxylic acids is 3. The standard InChI is InChI=1S/C47H41ClN4O12P2S2/c1-28(67-68-42-12-6-7-20-49-42)26-62-46(55)50-36-22-29(13-15-30(36)16-18-43(53)51-21-19-32-31-8-2-3-9-33(31)39(23-37(32)51)63-65(56,57)58)14-17-44(54)52-27-47(25-41(47)48)45-35-11-5-4-10-34(35)40(24-38(45)52)64-66(59,60)61/h2-18,20,22-24,28,41H,19,21,25-27H2,1H3,(H,50,55)(H2,56,57,58)(H2,59,60,61)/b17-14+,18-16+/t28?,41-,47?/m0/s1. The van der Waals surface area contributed by atoms with Crippen molar-refractivity contribution in [3.8, 4) is 11.5 Å². The average molecular weight is 1020 g/mol. The summed E-state index contributed by atoms with van der Waals surface area (Å²) in [7, 11) is -6.98. The lowest BCUT2D eigenvalue weighted by Gasteiger charge is -2.18. The molecule has 16 nitrogen and oxygen atoms in total. The molecule has 68 heavy (non-hydrogen) atoms. The van der Waals surface area contributed by atoms with Gasteiger partial charge in [-0.1, -0.05) is 77.5 Å². The molecule has 2 unspecified atom stereocenters. The number of aromatic nitrogens is 1. The zero-order valence-electron chi connectivity index (χ0n) is 35.8. The summed E-state index contributed by atoms with van der Waals surface area (Å²) in [5.74, 6) is -1.03. The average Bonchev–Trinajstić information content (AvgIpc) is 3.58. The first-order valence-electron chi connectivity index (χ1n) is 21.0. The number of nitrogens with one attached hydrogen (secondary N) is 1. The number of hydrogen-bond donors (Lipinski definition) is 5. The van der Waals surface area contributed by atoms with Gasteiger partial charge in [0.05, 0.1) is 17.1 Å². The van der Waals surface area contributed by atoms with Gasteiger partial charge in [-0.3, -0.25) is 34.5 Å². The van der Waals surface area contributed by atoms with Crippen LogP contribution in [0.25, 0.3) is 33.7 Å². The maximum Gasteiger partial charge on any atom is 0.524 e. The first-order valence-corrected chi connectivity index (χ1v) is 26.7. The lowest BCUT2D eigenvalue weighted by molar-refractivity contribution is -0.114. The molecule has 5 aromatic carbocycles. The third kappa shape index (κ3) is 10.2. The molecular weight excluding hydrogens is 974 g/mol. The molecule has 0 radical (unpaired) electrons. The van der Waals surface area contributed by atoms with Gasteiger partial charge in [-0.15, -0.1) is 11.6 Å². The highest BCUT2D eigenvalue weighted by Gasteiger charge is 2.61. The molecule has 9 rings (SSSR count). The van der Waals surface area contributed by atoms with Crippen molar-refractivity contribution in [2.75, 3.05) is 34.8 Å². The first-order chi connectivity index (χ1) is 32.5. The molecule has 1 spiro atoms. The Labute approximate surface area is 402 Å². The summed E-state index contributed by atoms with van der Waals surface area (Å²) >= 11 is 6.75. The molecule has 1 saturated carbocycles. The van der Waals surface area contributed by atoms with Crippen molar-refractivity contribution in [3.05, 3.63) is 138 Å². The minimum absolute atomic E-state index is 0.0585. The first kappa shape index (κ1) is 47.4. The number of ether oxygens (including phenoxy) is 1. The molecular formula is C47H41ClN4O12P2S2. The van der Waals surface area contributed by atoms with E-state index < -0.39 is 39.0 Å². The summed E-state index contributed by atoms with van der Waals surface area (Å²) in [6.07, 6.45) is 7.74. The number of carbonyl (C=O) groups is 3. The fraction of sp³-hybridized carbons (Fsp3) is 0.191. The van der Waals surface area contributed by atoms with Crippen LogP contribution in [-0.4, -0.2) is 72.8 Å². The van der Waals surface area contributed by atoms with Gasteiger partial charge in [0.25, 0.3) is 11.8 Å². The number of phosphoric acid groups is 2. The Morgan fingerprint density at radius 3 is 2.12 bits per heavy atom. The SMILES string of the molecule is CC(COC(=O)Nc1cc(/C=C/C(=O)N2CC3(C[C@@H]3Cl)c3c2cc(OP(=O)(O)O)c2ccccc32)ccc1/C=C/C(=O)N1CCc2c1cc(OP(=O)(O)O)c1ccccc21)SSc1ccccn1. The van der Waals surface area contributed by atoms with Gasteiger partial charge in [-0.05, 0) is 93.9 Å². The van der Waals surface area contributed by atoms with E-state index in [0.717, 1.165) is 16.2 Å². The molecule has 2 aliphatic heterocycles. The third-order valence-electron chi connectivity index (χ3n) is 11.7. The normalized spacial score (nSPS) is 18.1. The van der Waals surface area contributed by atoms with E-state index in [-0.39, 0.29) is 47.5 Å². The Morgan fingerprint density at radius 1 is 0.838 bits per heavy atom. The van der Waals surface area contributed by atoms with Crippen LogP contribution in [-0.2, 0) is 35.3 Å². The van der Waals surface area contributed by atoms with Crippen LogP contribution in [0.4, 0.5) is 21.9 Å². The summed E-state index contributed by atoms with van der Waals surface area (Å²) < 4.78 is 39.7. The number of amides is 3. The van der Waals surface area contributed by atoms with Crippen molar-refractivity contribution < 1.29 is 56.9 Å². The highest BCUT2D eigenvalue weighted by atomic mass is 35.5. The van der Waals surface area contributed by atoms with Crippen molar-refractivity contribution >= 4 is 118 Å². The van der Waals surface area contributed by atoms with Gasteiger partial charge >= 0.3 is 21.7 Å². The van der Waals surface area contributed by atoms with Gasteiger partial charge in [0.15, 0.2) is 0 Å². The van der Waals surface area contributed by atoms with Crippen LogP contribution in [0.1, 0.15) is 35.6 Å². The Morgan fingerprint density at radius 2 is 1.46 bits per heavy atom. The molecule has 350 valence electrons. The maximum absolute atomic E-state index is 14.1. The van der Waals surface area contributed by atoms with Crippen molar-refractivity contribution in [3.63, 3.8) is 0 Å². The molecule has 3 atom stereocenters. The van der Waals surface area contributed by atoms with Gasteiger partial charge in [0, 0.05) is 70.4 Å². The van der Waals surface area contributed by atoms with E-state index in [4.69, 9.17) is 25.4 Å². The Bertz CT molecular complexity index is 3170. The van der Waals surface area contributed by atoms with Gasteiger partial charge in [0.2, 0.25) is 0 Å². The zero-order chi connectivity index (χ0) is 48.0. The van der Waals surface area contributed by atoms with E-state index in [9.17, 15) is 43.1 Å². The molecule has 0 saturated heterocycles. The van der Waals surface area contributed by atoms with Crippen LogP contribution in [0.15, 0.2) is 120 Å². The molecule has 21 heteroatoms. The molecule has 1 fully saturated rings. The fourth-order valence-corrected chi connectivity index (χ4v) is 11.7. The number of halogens is 1. The minimum Gasteiger partial charge on any atom is -0.448 e. The Balaban J connectivity index is 0.984. The number of pyridine rings is 1. The lowest BCUT2D eigenvalue weighted by Crippen LogP contribution is -2.30. The number of benzene rings is 5. The van der Waals surface area contributed by atoms with Crippen LogP contribution in [0, 0.1) is 0 Å². The van der Waals surface area contributed by atoms with Crippen LogP contribution >= 0.6 is 48.8 Å². The van der Waals surface area contributed by atoms with E-state index >= 15 is 0 Å². The summed E-state index contributed by atoms with van der Waals surface area (Å²) in [6.45, 7) is 2.48. The monoisotopic (exact) mass is 1010 g/mol. The summed E-state index contributed by atoms with van der Waals surface area (Å²) in [5, 5.41) is 5.53. The largest absolute Gasteiger partial charge is 0.524 e. The summed E-state index contributed by atoms with van der Waals surface area (Å²) in [5.41, 5.74) is 3.06. The van der Waals surface area contributed by atoms with Crippen LogP contribution in [0.5, 0.6) is 11.5 Å². The van der Waals surface area contributed by atoms with E-state index in [0.29, 0.717) is 56.9 Å². The second kappa shape index (κ2) is 19.0. The summed E-state index contributed by atoms with van der Waals surface area (Å²) in [6, 6.07) is 27.5. The van der Waals surface area contributed by atoms with E-state index in [1.165, 1.54) is 61.7 Å². The molecule has 1 aliphatic carbocycles. The molecule has 3 aliphatic rings. The van der Waals surface area contributed by atoms with Crippen molar-refractivity contribution in [1.82, 2.24) is 4.98 Å². The number of phosphoric ester groups is 2. The second-order valence-corrected chi connectivity index (χ2v) is 21.8. The van der Waals surface area contributed by atoms with Gasteiger partial charge in [-0.25, -0.2) is 18.9 Å². The van der Waals surface area contributed by atoms with Crippen LogP contribution in [0.3, 0.4) is 0 Å². The number of anilines is 3. The van der Waals surface area contributed by atoms with Crippen LogP contribution in [0.2, 0.25) is 0 Å². The predicted molar refractivity (Wildman–Crippen MR) is 264 cm³/mol. The van der Waals surface area contributed by atoms with Gasteiger partial charge in [-0.2, -0.15) is 0 Å². The number of nitrogens with zero attached hydrogens (tertiary/aromatic N) is 3. The quantitative estimate of drug-likeness (QED) is 0.0296. The highest BCUT2D eigenvalue weighted by Crippen LogP contribution is 2.62. The van der Waals surface area contributed by atoms with Gasteiger partial charge < -0.3 is 23.6 Å². The third-order valence-corrected chi connectivity index (χ3v) is 15.9. The maximum atomic E-state index is 14.1. The molecule has 3 amide bonds. The van der Waals surface area contributed by atoms with Crippen LogP contribution < -0.4 is 24.2 Å². The van der Waals surface area contributed by atoms with Crippen molar-refractivity contribution in [2.45, 2.75) is 40.8 Å². The van der Waals surface area contributed by atoms with Crippen molar-refractivity contribution in [1.29, 1.82) is 0 Å². The number of rotatable bonds is 14.